The van der Waals surface area contributed by atoms with Crippen molar-refractivity contribution in [1.29, 1.82) is 5.26 Å². The molecule has 1 heterocycles. The molecule has 0 saturated heterocycles. The summed E-state index contributed by atoms with van der Waals surface area (Å²) >= 11 is 0. The van der Waals surface area contributed by atoms with Crippen molar-refractivity contribution in [3.63, 3.8) is 0 Å². The summed E-state index contributed by atoms with van der Waals surface area (Å²) in [5.74, 6) is 0.926. The number of hydrogen-bond donors (Lipinski definition) is 1. The van der Waals surface area contributed by atoms with Gasteiger partial charge in [0.25, 0.3) is 5.91 Å². The van der Waals surface area contributed by atoms with Crippen molar-refractivity contribution in [1.82, 2.24) is 0 Å². The summed E-state index contributed by atoms with van der Waals surface area (Å²) in [6.07, 6.45) is -0.339. The molecule has 0 bridgehead atoms. The first kappa shape index (κ1) is 15.7. The average molecular weight is 324 g/mol. The maximum absolute atomic E-state index is 12.7. The quantitative estimate of drug-likeness (QED) is 0.872. The van der Waals surface area contributed by atoms with E-state index in [1.54, 1.807) is 13.2 Å². The molecule has 6 heteroatoms. The molecule has 6 nitrogen and oxygen atoms in total. The molecule has 0 saturated carbocycles. The van der Waals surface area contributed by atoms with Crippen LogP contribution in [-0.4, -0.2) is 30.8 Å². The van der Waals surface area contributed by atoms with Crippen molar-refractivity contribution >= 4 is 11.6 Å². The summed E-state index contributed by atoms with van der Waals surface area (Å²) in [6, 6.07) is 13.9. The Kier molecular flexibility index (Phi) is 4.25. The van der Waals surface area contributed by atoms with Crippen LogP contribution in [0.5, 0.6) is 17.2 Å². The number of fused-ring (bicyclic) bond motifs is 1. The lowest BCUT2D eigenvalue weighted by molar-refractivity contribution is -0.126. The summed E-state index contributed by atoms with van der Waals surface area (Å²) in [5.41, 5.74) is 1.33. The standard InChI is InChI=1S/C18H16N2O4/c1-23-14-5-2-12(3-6-14)10-17-18(22)20(9-8-19)15-11-13(21)4-7-16(15)24-17/h2-7,11,17,21H,9-10H2,1H3. The van der Waals surface area contributed by atoms with Gasteiger partial charge >= 0.3 is 0 Å². The van der Waals surface area contributed by atoms with Gasteiger partial charge in [-0.25, -0.2) is 0 Å². The smallest absolute Gasteiger partial charge is 0.269 e. The molecule has 1 amide bonds. The zero-order valence-electron chi connectivity index (χ0n) is 13.1. The number of aromatic hydroxyl groups is 1. The number of rotatable bonds is 4. The van der Waals surface area contributed by atoms with Crippen molar-refractivity contribution in [2.75, 3.05) is 18.6 Å². The summed E-state index contributed by atoms with van der Waals surface area (Å²) in [6.45, 7) is -0.0994. The van der Waals surface area contributed by atoms with Gasteiger partial charge in [-0.05, 0) is 29.8 Å². The maximum atomic E-state index is 12.7. The van der Waals surface area contributed by atoms with Gasteiger partial charge < -0.3 is 14.6 Å². The highest BCUT2D eigenvalue weighted by molar-refractivity contribution is 6.00. The normalized spacial score (nSPS) is 16.1. The second-order valence-electron chi connectivity index (χ2n) is 5.39. The molecule has 0 aliphatic carbocycles. The SMILES string of the molecule is COc1ccc(CC2Oc3ccc(O)cc3N(CC#N)C2=O)cc1. The van der Waals surface area contributed by atoms with E-state index in [4.69, 9.17) is 14.7 Å². The highest BCUT2D eigenvalue weighted by Gasteiger charge is 2.34. The molecule has 1 aliphatic rings. The predicted molar refractivity (Wildman–Crippen MR) is 87.2 cm³/mol. The van der Waals surface area contributed by atoms with E-state index in [9.17, 15) is 9.90 Å². The number of ether oxygens (including phenoxy) is 2. The maximum Gasteiger partial charge on any atom is 0.269 e. The number of phenols is 1. The Morgan fingerprint density at radius 1 is 1.29 bits per heavy atom. The molecular formula is C18H16N2O4. The van der Waals surface area contributed by atoms with Crippen LogP contribution in [0.25, 0.3) is 0 Å². The van der Waals surface area contributed by atoms with Crippen LogP contribution in [0.1, 0.15) is 5.56 Å². The first-order valence-corrected chi connectivity index (χ1v) is 7.43. The largest absolute Gasteiger partial charge is 0.508 e. The molecule has 0 spiro atoms. The third kappa shape index (κ3) is 2.97. The van der Waals surface area contributed by atoms with Gasteiger partial charge in [0.05, 0.1) is 18.9 Å². The van der Waals surface area contributed by atoms with E-state index in [-0.39, 0.29) is 18.2 Å². The van der Waals surface area contributed by atoms with Gasteiger partial charge in [-0.1, -0.05) is 12.1 Å². The second kappa shape index (κ2) is 6.50. The fraction of sp³-hybridized carbons (Fsp3) is 0.222. The number of hydrogen-bond acceptors (Lipinski definition) is 5. The minimum Gasteiger partial charge on any atom is -0.508 e. The summed E-state index contributed by atoms with van der Waals surface area (Å²) < 4.78 is 10.9. The fourth-order valence-corrected chi connectivity index (χ4v) is 2.65. The Labute approximate surface area is 139 Å². The van der Waals surface area contributed by atoms with Crippen molar-refractivity contribution in [3.05, 3.63) is 48.0 Å². The van der Waals surface area contributed by atoms with Crippen molar-refractivity contribution in [2.45, 2.75) is 12.5 Å². The van der Waals surface area contributed by atoms with Crippen LogP contribution in [0.4, 0.5) is 5.69 Å². The first-order chi connectivity index (χ1) is 11.6. The van der Waals surface area contributed by atoms with E-state index in [0.29, 0.717) is 17.9 Å². The van der Waals surface area contributed by atoms with Crippen molar-refractivity contribution in [2.24, 2.45) is 0 Å². The number of phenolic OH excluding ortho intramolecular Hbond substituents is 1. The second-order valence-corrected chi connectivity index (χ2v) is 5.39. The van der Waals surface area contributed by atoms with Crippen molar-refractivity contribution in [3.8, 4) is 23.3 Å². The lowest BCUT2D eigenvalue weighted by Crippen LogP contribution is -2.47. The molecule has 0 fully saturated rings. The Balaban J connectivity index is 1.88. The van der Waals surface area contributed by atoms with Crippen LogP contribution in [0.3, 0.4) is 0 Å². The van der Waals surface area contributed by atoms with E-state index in [2.05, 4.69) is 0 Å². The summed E-state index contributed by atoms with van der Waals surface area (Å²) in [7, 11) is 1.59. The first-order valence-electron chi connectivity index (χ1n) is 7.43. The molecule has 24 heavy (non-hydrogen) atoms. The lowest BCUT2D eigenvalue weighted by Gasteiger charge is -2.33. The Morgan fingerprint density at radius 2 is 2.04 bits per heavy atom. The van der Waals surface area contributed by atoms with Gasteiger partial charge in [-0.3, -0.25) is 9.69 Å². The molecule has 0 aromatic heterocycles. The van der Waals surface area contributed by atoms with Gasteiger partial charge in [0, 0.05) is 12.5 Å². The number of anilines is 1. The third-order valence-electron chi connectivity index (χ3n) is 3.85. The number of amides is 1. The number of carbonyl (C=O) groups excluding carboxylic acids is 1. The summed E-state index contributed by atoms with van der Waals surface area (Å²) in [4.78, 5) is 14.0. The Morgan fingerprint density at radius 3 is 2.71 bits per heavy atom. The van der Waals surface area contributed by atoms with Crippen LogP contribution >= 0.6 is 0 Å². The number of methoxy groups -OCH3 is 1. The van der Waals surface area contributed by atoms with Crippen LogP contribution in [-0.2, 0) is 11.2 Å². The van der Waals surface area contributed by atoms with Gasteiger partial charge in [-0.2, -0.15) is 5.26 Å². The summed E-state index contributed by atoms with van der Waals surface area (Å²) in [5, 5.41) is 18.6. The molecule has 2 aromatic carbocycles. The van der Waals surface area contributed by atoms with Crippen molar-refractivity contribution < 1.29 is 19.4 Å². The fourth-order valence-electron chi connectivity index (χ4n) is 2.65. The molecular weight excluding hydrogens is 308 g/mol. The molecule has 122 valence electrons. The van der Waals surface area contributed by atoms with Gasteiger partial charge in [0.15, 0.2) is 6.10 Å². The molecule has 1 aliphatic heterocycles. The number of benzene rings is 2. The van der Waals surface area contributed by atoms with Crippen LogP contribution in [0, 0.1) is 11.3 Å². The highest BCUT2D eigenvalue weighted by Crippen LogP contribution is 2.37. The predicted octanol–water partition coefficient (Wildman–Crippen LogP) is 2.26. The number of nitrogens with zero attached hydrogens (tertiary/aromatic N) is 2. The monoisotopic (exact) mass is 324 g/mol. The van der Waals surface area contributed by atoms with Gasteiger partial charge in [0.1, 0.15) is 23.8 Å². The van der Waals surface area contributed by atoms with Crippen LogP contribution in [0.2, 0.25) is 0 Å². The van der Waals surface area contributed by atoms with E-state index in [1.807, 2.05) is 30.3 Å². The number of nitriles is 1. The molecule has 0 radical (unpaired) electrons. The molecule has 2 aromatic rings. The van der Waals surface area contributed by atoms with Gasteiger partial charge in [-0.15, -0.1) is 0 Å². The zero-order valence-corrected chi connectivity index (χ0v) is 13.1. The van der Waals surface area contributed by atoms with Crippen LogP contribution < -0.4 is 14.4 Å². The van der Waals surface area contributed by atoms with Gasteiger partial charge in [0.2, 0.25) is 0 Å². The minimum absolute atomic E-state index is 0.0155. The molecule has 3 rings (SSSR count). The van der Waals surface area contributed by atoms with E-state index in [1.165, 1.54) is 17.0 Å². The van der Waals surface area contributed by atoms with Crippen LogP contribution in [0.15, 0.2) is 42.5 Å². The Bertz CT molecular complexity index is 796. The van der Waals surface area contributed by atoms with E-state index >= 15 is 0 Å². The average Bonchev–Trinajstić information content (AvgIpc) is 2.60. The lowest BCUT2D eigenvalue weighted by atomic mass is 10.0. The molecule has 1 unspecified atom stereocenters. The topological polar surface area (TPSA) is 82.8 Å². The Hall–Kier alpha value is -3.20. The molecule has 1 N–H and O–H groups in total. The third-order valence-corrected chi connectivity index (χ3v) is 3.85. The van der Waals surface area contributed by atoms with E-state index < -0.39 is 6.10 Å². The minimum atomic E-state index is -0.719. The number of carbonyl (C=O) groups is 1. The van der Waals surface area contributed by atoms with E-state index in [0.717, 1.165) is 11.3 Å². The zero-order chi connectivity index (χ0) is 17.1. The highest BCUT2D eigenvalue weighted by atomic mass is 16.5. The molecule has 1 atom stereocenters.